The first-order chi connectivity index (χ1) is 7.34. The fourth-order valence-electron chi connectivity index (χ4n) is 1.57. The normalized spacial score (nSPS) is 10.7. The number of aryl methyl sites for hydroxylation is 1. The van der Waals surface area contributed by atoms with E-state index in [1.165, 1.54) is 11.1 Å². The fourth-order valence-corrected chi connectivity index (χ4v) is 2.27. The van der Waals surface area contributed by atoms with Crippen LogP contribution in [0.5, 0.6) is 0 Å². The third-order valence-electron chi connectivity index (χ3n) is 2.39. The van der Waals surface area contributed by atoms with Crippen LogP contribution in [0.3, 0.4) is 0 Å². The average Bonchev–Trinajstić information content (AvgIpc) is 2.84. The Bertz CT molecular complexity index is 389. The molecule has 0 saturated heterocycles. The van der Waals surface area contributed by atoms with Gasteiger partial charge >= 0.3 is 0 Å². The van der Waals surface area contributed by atoms with Crippen LogP contribution in [0.25, 0.3) is 0 Å². The highest BCUT2D eigenvalue weighted by Crippen LogP contribution is 2.06. The molecule has 0 radical (unpaired) electrons. The molecular weight excluding hydrogens is 204 g/mol. The minimum Gasteiger partial charge on any atom is -0.357 e. The van der Waals surface area contributed by atoms with Crippen molar-refractivity contribution in [1.82, 2.24) is 9.88 Å². The van der Waals surface area contributed by atoms with Gasteiger partial charge in [0.2, 0.25) is 0 Å². The van der Waals surface area contributed by atoms with Crippen molar-refractivity contribution in [3.63, 3.8) is 0 Å². The van der Waals surface area contributed by atoms with E-state index in [9.17, 15) is 0 Å². The van der Waals surface area contributed by atoms with Crippen molar-refractivity contribution in [3.05, 3.63) is 46.4 Å². The fraction of sp³-hybridized carbons (Fsp3) is 0.333. The highest BCUT2D eigenvalue weighted by molar-refractivity contribution is 7.07. The largest absolute Gasteiger partial charge is 0.357 e. The standard InChI is InChI=1S/C12H16N2S/c1-14-6-3-12(9-14)8-13-5-2-11-4-7-15-10-11/h3-4,6-7,9-10,13H,2,5,8H2,1H3. The molecule has 0 saturated carbocycles. The highest BCUT2D eigenvalue weighted by Gasteiger charge is 1.95. The van der Waals surface area contributed by atoms with Gasteiger partial charge in [0.25, 0.3) is 0 Å². The summed E-state index contributed by atoms with van der Waals surface area (Å²) in [4.78, 5) is 0. The van der Waals surface area contributed by atoms with Crippen molar-refractivity contribution < 1.29 is 0 Å². The van der Waals surface area contributed by atoms with Crippen molar-refractivity contribution >= 4 is 11.3 Å². The van der Waals surface area contributed by atoms with Gasteiger partial charge in [-0.3, -0.25) is 0 Å². The smallest absolute Gasteiger partial charge is 0.0220 e. The molecule has 0 amide bonds. The summed E-state index contributed by atoms with van der Waals surface area (Å²) < 4.78 is 2.08. The maximum Gasteiger partial charge on any atom is 0.0220 e. The van der Waals surface area contributed by atoms with E-state index in [1.54, 1.807) is 11.3 Å². The lowest BCUT2D eigenvalue weighted by atomic mass is 10.2. The van der Waals surface area contributed by atoms with Gasteiger partial charge in [-0.1, -0.05) is 0 Å². The number of hydrogen-bond acceptors (Lipinski definition) is 2. The highest BCUT2D eigenvalue weighted by atomic mass is 32.1. The second kappa shape index (κ2) is 5.14. The molecule has 0 aliphatic rings. The Morgan fingerprint density at radius 2 is 2.27 bits per heavy atom. The molecule has 0 unspecified atom stereocenters. The number of nitrogens with one attached hydrogen (secondary N) is 1. The predicted octanol–water partition coefficient (Wildman–Crippen LogP) is 2.42. The van der Waals surface area contributed by atoms with E-state index in [0.29, 0.717) is 0 Å². The molecule has 0 aliphatic heterocycles. The molecule has 2 nitrogen and oxygen atoms in total. The summed E-state index contributed by atoms with van der Waals surface area (Å²) in [5, 5.41) is 7.79. The minimum atomic E-state index is 0.963. The van der Waals surface area contributed by atoms with Crippen LogP contribution in [0.4, 0.5) is 0 Å². The summed E-state index contributed by atoms with van der Waals surface area (Å²) in [5.74, 6) is 0. The molecule has 0 aliphatic carbocycles. The second-order valence-electron chi connectivity index (χ2n) is 3.74. The van der Waals surface area contributed by atoms with Crippen molar-refractivity contribution in [3.8, 4) is 0 Å². The zero-order valence-corrected chi connectivity index (χ0v) is 9.76. The summed E-state index contributed by atoms with van der Waals surface area (Å²) in [6, 6.07) is 4.34. The van der Waals surface area contributed by atoms with Crippen LogP contribution in [0.15, 0.2) is 35.3 Å². The molecule has 80 valence electrons. The van der Waals surface area contributed by atoms with E-state index in [0.717, 1.165) is 19.5 Å². The predicted molar refractivity (Wildman–Crippen MR) is 65.1 cm³/mol. The van der Waals surface area contributed by atoms with Crippen LogP contribution in [0.1, 0.15) is 11.1 Å². The van der Waals surface area contributed by atoms with E-state index in [1.807, 2.05) is 0 Å². The van der Waals surface area contributed by atoms with Gasteiger partial charge in [0.15, 0.2) is 0 Å². The molecule has 0 aromatic carbocycles. The minimum absolute atomic E-state index is 0.963. The molecule has 0 atom stereocenters. The average molecular weight is 220 g/mol. The van der Waals surface area contributed by atoms with Crippen LogP contribution in [0, 0.1) is 0 Å². The third kappa shape index (κ3) is 3.22. The first kappa shape index (κ1) is 10.5. The number of thiophene rings is 1. The SMILES string of the molecule is Cn1ccc(CNCCc2ccsc2)c1. The van der Waals surface area contributed by atoms with Gasteiger partial charge in [-0.25, -0.2) is 0 Å². The Morgan fingerprint density at radius 3 is 2.93 bits per heavy atom. The summed E-state index contributed by atoms with van der Waals surface area (Å²) >= 11 is 1.77. The molecule has 2 aromatic rings. The number of hydrogen-bond donors (Lipinski definition) is 1. The second-order valence-corrected chi connectivity index (χ2v) is 4.52. The van der Waals surface area contributed by atoms with Gasteiger partial charge in [-0.15, -0.1) is 0 Å². The van der Waals surface area contributed by atoms with Gasteiger partial charge < -0.3 is 9.88 Å². The molecular formula is C12H16N2S. The summed E-state index contributed by atoms with van der Waals surface area (Å²) in [5.41, 5.74) is 2.78. The Kier molecular flexibility index (Phi) is 3.59. The Balaban J connectivity index is 1.67. The van der Waals surface area contributed by atoms with Crippen molar-refractivity contribution in [1.29, 1.82) is 0 Å². The number of nitrogens with zero attached hydrogens (tertiary/aromatic N) is 1. The summed E-state index contributed by atoms with van der Waals surface area (Å²) in [6.45, 7) is 2.01. The lowest BCUT2D eigenvalue weighted by Crippen LogP contribution is -2.16. The van der Waals surface area contributed by atoms with Crippen LogP contribution in [-0.4, -0.2) is 11.1 Å². The number of rotatable bonds is 5. The van der Waals surface area contributed by atoms with Crippen LogP contribution in [-0.2, 0) is 20.0 Å². The number of aromatic nitrogens is 1. The van der Waals surface area contributed by atoms with Crippen LogP contribution in [0.2, 0.25) is 0 Å². The maximum absolute atomic E-state index is 3.44. The van der Waals surface area contributed by atoms with Gasteiger partial charge in [0.05, 0.1) is 0 Å². The lowest BCUT2D eigenvalue weighted by molar-refractivity contribution is 0.686. The van der Waals surface area contributed by atoms with E-state index in [2.05, 4.69) is 52.2 Å². The molecule has 2 aromatic heterocycles. The van der Waals surface area contributed by atoms with Crippen LogP contribution < -0.4 is 5.32 Å². The van der Waals surface area contributed by atoms with Gasteiger partial charge in [-0.05, 0) is 47.0 Å². The van der Waals surface area contributed by atoms with E-state index in [-0.39, 0.29) is 0 Å². The molecule has 2 heterocycles. The zero-order chi connectivity index (χ0) is 10.5. The van der Waals surface area contributed by atoms with E-state index < -0.39 is 0 Å². The first-order valence-electron chi connectivity index (χ1n) is 5.17. The molecule has 0 spiro atoms. The molecule has 15 heavy (non-hydrogen) atoms. The van der Waals surface area contributed by atoms with Crippen LogP contribution >= 0.6 is 11.3 Å². The molecule has 2 rings (SSSR count). The topological polar surface area (TPSA) is 17.0 Å². The van der Waals surface area contributed by atoms with E-state index >= 15 is 0 Å². The first-order valence-corrected chi connectivity index (χ1v) is 6.11. The zero-order valence-electron chi connectivity index (χ0n) is 8.94. The third-order valence-corrected chi connectivity index (χ3v) is 3.12. The van der Waals surface area contributed by atoms with Gasteiger partial charge in [0.1, 0.15) is 0 Å². The van der Waals surface area contributed by atoms with Crippen molar-refractivity contribution in [2.45, 2.75) is 13.0 Å². The summed E-state index contributed by atoms with van der Waals surface area (Å²) in [7, 11) is 2.05. The van der Waals surface area contributed by atoms with Gasteiger partial charge in [0, 0.05) is 26.0 Å². The molecule has 0 fully saturated rings. The van der Waals surface area contributed by atoms with E-state index in [4.69, 9.17) is 0 Å². The molecule has 1 N–H and O–H groups in total. The maximum atomic E-state index is 3.44. The Labute approximate surface area is 94.6 Å². The Morgan fingerprint density at radius 1 is 1.33 bits per heavy atom. The van der Waals surface area contributed by atoms with Crippen molar-refractivity contribution in [2.24, 2.45) is 7.05 Å². The van der Waals surface area contributed by atoms with Crippen molar-refractivity contribution in [2.75, 3.05) is 6.54 Å². The molecule has 3 heteroatoms. The monoisotopic (exact) mass is 220 g/mol. The lowest BCUT2D eigenvalue weighted by Gasteiger charge is -2.01. The summed E-state index contributed by atoms with van der Waals surface area (Å²) in [6.07, 6.45) is 5.35. The Hall–Kier alpha value is -1.06. The molecule has 0 bridgehead atoms. The van der Waals surface area contributed by atoms with Gasteiger partial charge in [-0.2, -0.15) is 11.3 Å². The quantitative estimate of drug-likeness (QED) is 0.766.